The number of hydrogen-bond donors (Lipinski definition) is 1. The molecular formula is C14H12BrN5O. The molecular weight excluding hydrogens is 334 g/mol. The van der Waals surface area contributed by atoms with E-state index < -0.39 is 6.04 Å². The molecule has 0 saturated carbocycles. The summed E-state index contributed by atoms with van der Waals surface area (Å²) < 4.78 is 2.40. The highest BCUT2D eigenvalue weighted by Crippen LogP contribution is 2.24. The van der Waals surface area contributed by atoms with Crippen molar-refractivity contribution in [2.45, 2.75) is 13.0 Å². The topological polar surface area (TPSA) is 72.7 Å². The summed E-state index contributed by atoms with van der Waals surface area (Å²) in [7, 11) is 0. The predicted octanol–water partition coefficient (Wildman–Crippen LogP) is 2.79. The predicted molar refractivity (Wildman–Crippen MR) is 82.8 cm³/mol. The third-order valence-electron chi connectivity index (χ3n) is 3.15. The largest absolute Gasteiger partial charge is 0.322 e. The number of benzene rings is 1. The Morgan fingerprint density at radius 3 is 3.05 bits per heavy atom. The van der Waals surface area contributed by atoms with Gasteiger partial charge in [-0.25, -0.2) is 9.67 Å². The first-order chi connectivity index (χ1) is 10.1. The van der Waals surface area contributed by atoms with E-state index in [0.717, 1.165) is 15.4 Å². The molecule has 106 valence electrons. The molecule has 0 spiro atoms. The van der Waals surface area contributed by atoms with E-state index >= 15 is 0 Å². The van der Waals surface area contributed by atoms with Crippen LogP contribution >= 0.6 is 15.9 Å². The van der Waals surface area contributed by atoms with Crippen molar-refractivity contribution in [3.8, 4) is 0 Å². The molecule has 0 aliphatic heterocycles. The van der Waals surface area contributed by atoms with Crippen LogP contribution in [0.5, 0.6) is 0 Å². The van der Waals surface area contributed by atoms with Crippen molar-refractivity contribution in [2.75, 3.05) is 5.32 Å². The first-order valence-corrected chi connectivity index (χ1v) is 7.13. The van der Waals surface area contributed by atoms with E-state index in [2.05, 4.69) is 36.3 Å². The minimum Gasteiger partial charge on any atom is -0.322 e. The Morgan fingerprint density at radius 2 is 2.29 bits per heavy atom. The van der Waals surface area contributed by atoms with Crippen LogP contribution < -0.4 is 5.32 Å². The highest BCUT2D eigenvalue weighted by molar-refractivity contribution is 9.10. The monoisotopic (exact) mass is 345 g/mol. The van der Waals surface area contributed by atoms with Gasteiger partial charge in [-0.1, -0.05) is 12.1 Å². The summed E-state index contributed by atoms with van der Waals surface area (Å²) in [6.07, 6.45) is 4.63. The van der Waals surface area contributed by atoms with Gasteiger partial charge in [0, 0.05) is 16.1 Å². The van der Waals surface area contributed by atoms with E-state index in [1.54, 1.807) is 13.1 Å². The van der Waals surface area contributed by atoms with Crippen LogP contribution in [0.25, 0.3) is 10.9 Å². The Kier molecular flexibility index (Phi) is 3.66. The number of rotatable bonds is 3. The van der Waals surface area contributed by atoms with E-state index in [1.165, 1.54) is 17.3 Å². The lowest BCUT2D eigenvalue weighted by Gasteiger charge is -2.13. The number of amides is 1. The van der Waals surface area contributed by atoms with Gasteiger partial charge in [-0.15, -0.1) is 0 Å². The average molecular weight is 346 g/mol. The number of carbonyl (C=O) groups excluding carboxylic acids is 1. The van der Waals surface area contributed by atoms with Crippen molar-refractivity contribution < 1.29 is 4.79 Å². The Labute approximate surface area is 129 Å². The minimum atomic E-state index is -0.446. The summed E-state index contributed by atoms with van der Waals surface area (Å²) in [5, 5.41) is 7.82. The van der Waals surface area contributed by atoms with Crippen LogP contribution in [0.2, 0.25) is 0 Å². The molecule has 0 fully saturated rings. The molecule has 2 heterocycles. The van der Waals surface area contributed by atoms with Crippen molar-refractivity contribution in [3.63, 3.8) is 0 Å². The molecule has 0 aliphatic rings. The van der Waals surface area contributed by atoms with Crippen LogP contribution in [0.1, 0.15) is 13.0 Å². The Balaban J connectivity index is 1.90. The summed E-state index contributed by atoms with van der Waals surface area (Å²) in [5.74, 6) is -0.169. The number of carbonyl (C=O) groups is 1. The van der Waals surface area contributed by atoms with Gasteiger partial charge in [0.05, 0.1) is 11.2 Å². The van der Waals surface area contributed by atoms with E-state index in [-0.39, 0.29) is 5.91 Å². The number of fused-ring (bicyclic) bond motifs is 1. The van der Waals surface area contributed by atoms with Gasteiger partial charge in [-0.2, -0.15) is 5.10 Å². The maximum Gasteiger partial charge on any atom is 0.249 e. The van der Waals surface area contributed by atoms with Gasteiger partial charge in [0.2, 0.25) is 5.91 Å². The molecule has 0 saturated heterocycles. The normalized spacial score (nSPS) is 12.3. The van der Waals surface area contributed by atoms with Crippen molar-refractivity contribution in [3.05, 3.63) is 47.6 Å². The summed E-state index contributed by atoms with van der Waals surface area (Å²) >= 11 is 3.39. The fourth-order valence-corrected chi connectivity index (χ4v) is 2.36. The zero-order chi connectivity index (χ0) is 14.8. The Hall–Kier alpha value is -2.28. The highest BCUT2D eigenvalue weighted by Gasteiger charge is 2.16. The standard InChI is InChI=1S/C14H12BrN5O/c1-9(20-8-16-7-18-20)14(21)19-12-4-2-3-10-5-11(15)6-17-13(10)12/h2-9H,1H3,(H,19,21). The van der Waals surface area contributed by atoms with E-state index in [4.69, 9.17) is 0 Å². The van der Waals surface area contributed by atoms with Crippen LogP contribution in [0, 0.1) is 0 Å². The van der Waals surface area contributed by atoms with Gasteiger partial charge in [0.15, 0.2) is 0 Å². The van der Waals surface area contributed by atoms with Gasteiger partial charge in [-0.05, 0) is 35.0 Å². The zero-order valence-electron chi connectivity index (χ0n) is 11.2. The fourth-order valence-electron chi connectivity index (χ4n) is 2.01. The molecule has 21 heavy (non-hydrogen) atoms. The molecule has 3 rings (SSSR count). The molecule has 1 amide bonds. The molecule has 7 heteroatoms. The van der Waals surface area contributed by atoms with Crippen molar-refractivity contribution in [1.82, 2.24) is 19.7 Å². The van der Waals surface area contributed by atoms with Crippen molar-refractivity contribution >= 4 is 38.4 Å². The summed E-state index contributed by atoms with van der Waals surface area (Å²) in [5.41, 5.74) is 1.43. The molecule has 1 aromatic carbocycles. The lowest BCUT2D eigenvalue weighted by Crippen LogP contribution is -2.24. The van der Waals surface area contributed by atoms with E-state index in [0.29, 0.717) is 5.69 Å². The van der Waals surface area contributed by atoms with Crippen LogP contribution in [-0.2, 0) is 4.79 Å². The second kappa shape index (κ2) is 5.61. The molecule has 1 N–H and O–H groups in total. The molecule has 1 unspecified atom stereocenters. The zero-order valence-corrected chi connectivity index (χ0v) is 12.8. The Morgan fingerprint density at radius 1 is 1.43 bits per heavy atom. The second-order valence-corrected chi connectivity index (χ2v) is 5.49. The van der Waals surface area contributed by atoms with Crippen LogP contribution in [-0.4, -0.2) is 25.7 Å². The first-order valence-electron chi connectivity index (χ1n) is 6.34. The lowest BCUT2D eigenvalue weighted by molar-refractivity contribution is -0.119. The number of anilines is 1. The van der Waals surface area contributed by atoms with Crippen LogP contribution in [0.3, 0.4) is 0 Å². The molecule has 3 aromatic rings. The number of nitrogens with zero attached hydrogens (tertiary/aromatic N) is 4. The lowest BCUT2D eigenvalue weighted by atomic mass is 10.2. The SMILES string of the molecule is CC(C(=O)Nc1cccc2cc(Br)cnc12)n1cncn1. The maximum atomic E-state index is 12.3. The number of pyridine rings is 1. The summed E-state index contributed by atoms with van der Waals surface area (Å²) in [4.78, 5) is 20.5. The molecule has 0 radical (unpaired) electrons. The maximum absolute atomic E-state index is 12.3. The van der Waals surface area contributed by atoms with Gasteiger partial charge in [0.25, 0.3) is 0 Å². The van der Waals surface area contributed by atoms with Crippen LogP contribution in [0.15, 0.2) is 47.6 Å². The van der Waals surface area contributed by atoms with Gasteiger partial charge >= 0.3 is 0 Å². The third-order valence-corrected chi connectivity index (χ3v) is 3.58. The number of nitrogens with one attached hydrogen (secondary N) is 1. The molecule has 6 nitrogen and oxygen atoms in total. The van der Waals surface area contributed by atoms with Gasteiger partial charge in [-0.3, -0.25) is 9.78 Å². The molecule has 0 aliphatic carbocycles. The number of halogens is 1. The molecule has 0 bridgehead atoms. The Bertz CT molecular complexity index is 787. The van der Waals surface area contributed by atoms with Crippen molar-refractivity contribution in [1.29, 1.82) is 0 Å². The quantitative estimate of drug-likeness (QED) is 0.792. The molecule has 2 aromatic heterocycles. The smallest absolute Gasteiger partial charge is 0.249 e. The summed E-state index contributed by atoms with van der Waals surface area (Å²) in [6.45, 7) is 1.76. The second-order valence-electron chi connectivity index (χ2n) is 4.57. The average Bonchev–Trinajstić information content (AvgIpc) is 3.00. The minimum absolute atomic E-state index is 0.169. The highest BCUT2D eigenvalue weighted by atomic mass is 79.9. The number of hydrogen-bond acceptors (Lipinski definition) is 4. The van der Waals surface area contributed by atoms with Crippen LogP contribution in [0.4, 0.5) is 5.69 Å². The third kappa shape index (κ3) is 2.78. The molecule has 1 atom stereocenters. The first kappa shape index (κ1) is 13.7. The van der Waals surface area contributed by atoms with E-state index in [9.17, 15) is 4.79 Å². The van der Waals surface area contributed by atoms with Gasteiger partial charge in [0.1, 0.15) is 18.7 Å². The van der Waals surface area contributed by atoms with Crippen molar-refractivity contribution in [2.24, 2.45) is 0 Å². The van der Waals surface area contributed by atoms with E-state index in [1.807, 2.05) is 24.3 Å². The van der Waals surface area contributed by atoms with Gasteiger partial charge < -0.3 is 5.32 Å². The summed E-state index contributed by atoms with van der Waals surface area (Å²) in [6, 6.07) is 7.17. The fraction of sp³-hybridized carbons (Fsp3) is 0.143. The number of para-hydroxylation sites is 1. The number of aromatic nitrogens is 4.